The van der Waals surface area contributed by atoms with Crippen LogP contribution in [-0.4, -0.2) is 37.0 Å². The van der Waals surface area contributed by atoms with Crippen LogP contribution >= 0.6 is 0 Å². The minimum Gasteiger partial charge on any atom is -0.341 e. The summed E-state index contributed by atoms with van der Waals surface area (Å²) >= 11 is 0. The molecule has 0 aliphatic heterocycles. The molecule has 0 aliphatic rings. The quantitative estimate of drug-likeness (QED) is 0.550. The predicted molar refractivity (Wildman–Crippen MR) is 83.4 cm³/mol. The van der Waals surface area contributed by atoms with Gasteiger partial charge >= 0.3 is 0 Å². The van der Waals surface area contributed by atoms with Gasteiger partial charge in [-0.3, -0.25) is 4.79 Å². The molecule has 1 unspecified atom stereocenters. The van der Waals surface area contributed by atoms with Crippen molar-refractivity contribution in [1.82, 2.24) is 10.2 Å². The largest absolute Gasteiger partial charge is 0.341 e. The maximum atomic E-state index is 12.3. The second-order valence-electron chi connectivity index (χ2n) is 5.46. The van der Waals surface area contributed by atoms with E-state index in [2.05, 4.69) is 24.1 Å². The van der Waals surface area contributed by atoms with E-state index < -0.39 is 0 Å². The summed E-state index contributed by atoms with van der Waals surface area (Å²) in [6.45, 7) is 8.24. The van der Waals surface area contributed by atoms with E-state index in [0.717, 1.165) is 25.9 Å². The molecular weight excluding hydrogens is 236 g/mol. The lowest BCUT2D eigenvalue weighted by molar-refractivity contribution is -0.133. The van der Waals surface area contributed by atoms with Crippen molar-refractivity contribution in [3.63, 3.8) is 0 Å². The highest BCUT2D eigenvalue weighted by Crippen LogP contribution is 2.07. The molecule has 0 rings (SSSR count). The van der Waals surface area contributed by atoms with Crippen molar-refractivity contribution in [2.75, 3.05) is 20.1 Å². The molecule has 0 radical (unpaired) electrons. The molecule has 3 nitrogen and oxygen atoms in total. The van der Waals surface area contributed by atoms with Crippen molar-refractivity contribution in [2.45, 2.75) is 78.2 Å². The molecule has 0 aromatic carbocycles. The third-order valence-electron chi connectivity index (χ3n) is 3.68. The minimum atomic E-state index is -0.0580. The van der Waals surface area contributed by atoms with Crippen LogP contribution in [-0.2, 0) is 4.79 Å². The van der Waals surface area contributed by atoms with Crippen LogP contribution < -0.4 is 5.32 Å². The standard InChI is InChI=1S/C16H34N2O/c1-5-7-9-11-13-18(14-12-10-8-6-2)16(19)15(3)17-4/h15,17H,5-14H2,1-4H3. The molecule has 1 amide bonds. The van der Waals surface area contributed by atoms with E-state index in [1.807, 2.05) is 14.0 Å². The van der Waals surface area contributed by atoms with E-state index in [1.165, 1.54) is 38.5 Å². The predicted octanol–water partition coefficient (Wildman–Crippen LogP) is 3.58. The molecule has 0 saturated carbocycles. The molecule has 1 atom stereocenters. The average Bonchev–Trinajstić information content (AvgIpc) is 2.44. The Hall–Kier alpha value is -0.570. The zero-order chi connectivity index (χ0) is 14.5. The number of unbranched alkanes of at least 4 members (excludes halogenated alkanes) is 6. The van der Waals surface area contributed by atoms with E-state index in [4.69, 9.17) is 0 Å². The average molecular weight is 270 g/mol. The zero-order valence-electron chi connectivity index (χ0n) is 13.5. The molecule has 0 spiro atoms. The minimum absolute atomic E-state index is 0.0580. The molecule has 3 heteroatoms. The smallest absolute Gasteiger partial charge is 0.239 e. The third kappa shape index (κ3) is 9.04. The van der Waals surface area contributed by atoms with Gasteiger partial charge < -0.3 is 10.2 Å². The first-order valence-corrected chi connectivity index (χ1v) is 8.13. The zero-order valence-corrected chi connectivity index (χ0v) is 13.5. The van der Waals surface area contributed by atoms with Gasteiger partial charge in [-0.2, -0.15) is 0 Å². The summed E-state index contributed by atoms with van der Waals surface area (Å²) in [6.07, 6.45) is 9.81. The highest BCUT2D eigenvalue weighted by molar-refractivity contribution is 5.81. The molecule has 0 aromatic heterocycles. The van der Waals surface area contributed by atoms with Gasteiger partial charge in [-0.1, -0.05) is 52.4 Å². The fourth-order valence-corrected chi connectivity index (χ4v) is 2.19. The number of rotatable bonds is 12. The molecule has 0 heterocycles. The van der Waals surface area contributed by atoms with Gasteiger partial charge in [0, 0.05) is 13.1 Å². The Bertz CT molecular complexity index is 207. The number of nitrogens with zero attached hydrogens (tertiary/aromatic N) is 1. The van der Waals surface area contributed by atoms with Gasteiger partial charge in [0.25, 0.3) is 0 Å². The maximum Gasteiger partial charge on any atom is 0.239 e. The molecule has 114 valence electrons. The Morgan fingerprint density at radius 1 is 0.947 bits per heavy atom. The summed E-state index contributed by atoms with van der Waals surface area (Å²) in [5, 5.41) is 3.06. The number of hydrogen-bond acceptors (Lipinski definition) is 2. The highest BCUT2D eigenvalue weighted by Gasteiger charge is 2.18. The lowest BCUT2D eigenvalue weighted by Crippen LogP contribution is -2.44. The number of carbonyl (C=O) groups excluding carboxylic acids is 1. The van der Waals surface area contributed by atoms with Crippen molar-refractivity contribution in [3.8, 4) is 0 Å². The van der Waals surface area contributed by atoms with Crippen LogP contribution in [0.4, 0.5) is 0 Å². The summed E-state index contributed by atoms with van der Waals surface area (Å²) in [6, 6.07) is -0.0580. The highest BCUT2D eigenvalue weighted by atomic mass is 16.2. The summed E-state index contributed by atoms with van der Waals surface area (Å²) < 4.78 is 0. The van der Waals surface area contributed by atoms with Gasteiger partial charge in [0.05, 0.1) is 6.04 Å². The van der Waals surface area contributed by atoms with Crippen molar-refractivity contribution >= 4 is 5.91 Å². The number of hydrogen-bond donors (Lipinski definition) is 1. The van der Waals surface area contributed by atoms with Crippen LogP contribution in [0.25, 0.3) is 0 Å². The van der Waals surface area contributed by atoms with Crippen molar-refractivity contribution in [2.24, 2.45) is 0 Å². The van der Waals surface area contributed by atoms with Gasteiger partial charge in [0.1, 0.15) is 0 Å². The molecule has 0 aliphatic carbocycles. The first-order chi connectivity index (χ1) is 9.17. The van der Waals surface area contributed by atoms with Gasteiger partial charge in [0.2, 0.25) is 5.91 Å². The lowest BCUT2D eigenvalue weighted by atomic mass is 10.1. The molecular formula is C16H34N2O. The fraction of sp³-hybridized carbons (Fsp3) is 0.938. The second-order valence-corrected chi connectivity index (χ2v) is 5.46. The van der Waals surface area contributed by atoms with Gasteiger partial charge in [-0.05, 0) is 26.8 Å². The number of likely N-dealkylation sites (N-methyl/N-ethyl adjacent to an activating group) is 1. The van der Waals surface area contributed by atoms with E-state index >= 15 is 0 Å². The molecule has 1 N–H and O–H groups in total. The topological polar surface area (TPSA) is 32.3 Å². The van der Waals surface area contributed by atoms with Crippen LogP contribution in [0.15, 0.2) is 0 Å². The number of carbonyl (C=O) groups is 1. The Morgan fingerprint density at radius 3 is 1.79 bits per heavy atom. The summed E-state index contributed by atoms with van der Waals surface area (Å²) in [5.41, 5.74) is 0. The summed E-state index contributed by atoms with van der Waals surface area (Å²) in [5.74, 6) is 0.260. The van der Waals surface area contributed by atoms with E-state index in [0.29, 0.717) is 0 Å². The van der Waals surface area contributed by atoms with Gasteiger partial charge in [-0.25, -0.2) is 0 Å². The van der Waals surface area contributed by atoms with Crippen LogP contribution in [0.1, 0.15) is 72.1 Å². The SMILES string of the molecule is CCCCCCN(CCCCCC)C(=O)C(C)NC. The van der Waals surface area contributed by atoms with Crippen LogP contribution in [0, 0.1) is 0 Å². The molecule has 19 heavy (non-hydrogen) atoms. The Morgan fingerprint density at radius 2 is 1.42 bits per heavy atom. The Kier molecular flexibility index (Phi) is 12.1. The van der Waals surface area contributed by atoms with E-state index in [9.17, 15) is 4.79 Å². The lowest BCUT2D eigenvalue weighted by Gasteiger charge is -2.26. The number of nitrogens with one attached hydrogen (secondary N) is 1. The molecule has 0 fully saturated rings. The first kappa shape index (κ1) is 18.4. The third-order valence-corrected chi connectivity index (χ3v) is 3.68. The second kappa shape index (κ2) is 12.5. The van der Waals surface area contributed by atoms with E-state index in [-0.39, 0.29) is 11.9 Å². The molecule has 0 saturated heterocycles. The Labute approximate surface area is 120 Å². The fourth-order valence-electron chi connectivity index (χ4n) is 2.19. The summed E-state index contributed by atoms with van der Waals surface area (Å²) in [7, 11) is 1.86. The van der Waals surface area contributed by atoms with Gasteiger partial charge in [-0.15, -0.1) is 0 Å². The van der Waals surface area contributed by atoms with Crippen molar-refractivity contribution in [3.05, 3.63) is 0 Å². The maximum absolute atomic E-state index is 12.3. The molecule has 0 bridgehead atoms. The van der Waals surface area contributed by atoms with Crippen molar-refractivity contribution in [1.29, 1.82) is 0 Å². The first-order valence-electron chi connectivity index (χ1n) is 8.13. The van der Waals surface area contributed by atoms with Crippen LogP contribution in [0.2, 0.25) is 0 Å². The van der Waals surface area contributed by atoms with E-state index in [1.54, 1.807) is 0 Å². The number of amides is 1. The monoisotopic (exact) mass is 270 g/mol. The molecule has 0 aromatic rings. The van der Waals surface area contributed by atoms with Crippen LogP contribution in [0.5, 0.6) is 0 Å². The van der Waals surface area contributed by atoms with Crippen LogP contribution in [0.3, 0.4) is 0 Å². The van der Waals surface area contributed by atoms with Gasteiger partial charge in [0.15, 0.2) is 0 Å². The normalized spacial score (nSPS) is 12.4. The summed E-state index contributed by atoms with van der Waals surface area (Å²) in [4.78, 5) is 14.3. The Balaban J connectivity index is 4.09. The van der Waals surface area contributed by atoms with Crippen molar-refractivity contribution < 1.29 is 4.79 Å².